The molecule has 2 aromatic rings. The number of ketones is 1. The van der Waals surface area contributed by atoms with Crippen LogP contribution >= 0.6 is 15.9 Å². The Morgan fingerprint density at radius 2 is 1.91 bits per heavy atom. The Morgan fingerprint density at radius 1 is 1.18 bits per heavy atom. The molecule has 8 nitrogen and oxygen atoms in total. The molecule has 0 saturated carbocycles. The zero-order chi connectivity index (χ0) is 24.2. The summed E-state index contributed by atoms with van der Waals surface area (Å²) in [5.41, 5.74) is 1.44. The van der Waals surface area contributed by atoms with E-state index in [1.54, 1.807) is 11.1 Å². The van der Waals surface area contributed by atoms with Crippen molar-refractivity contribution in [1.29, 1.82) is 0 Å². The van der Waals surface area contributed by atoms with Crippen LogP contribution in [-0.2, 0) is 16.1 Å². The minimum atomic E-state index is -0.124. The number of likely N-dealkylation sites (N-methyl/N-ethyl adjacent to an activating group) is 1. The number of piperazine rings is 1. The highest BCUT2D eigenvalue weighted by Gasteiger charge is 2.31. The van der Waals surface area contributed by atoms with Gasteiger partial charge in [-0.2, -0.15) is 0 Å². The monoisotopic (exact) mass is 529 g/mol. The highest BCUT2D eigenvalue weighted by atomic mass is 79.9. The predicted molar refractivity (Wildman–Crippen MR) is 136 cm³/mol. The third kappa shape index (κ3) is 5.76. The van der Waals surface area contributed by atoms with E-state index < -0.39 is 0 Å². The average molecular weight is 530 g/mol. The number of Topliss-reactive ketones (excluding diaryl/α,β-unsaturated/α-hetero) is 1. The summed E-state index contributed by atoms with van der Waals surface area (Å²) < 4.78 is 2.75. The Hall–Kier alpha value is -2.49. The van der Waals surface area contributed by atoms with E-state index in [1.165, 1.54) is 6.08 Å². The molecule has 2 aliphatic heterocycles. The molecule has 9 heteroatoms. The van der Waals surface area contributed by atoms with Crippen LogP contribution in [0.3, 0.4) is 0 Å². The number of benzene rings is 1. The fourth-order valence-corrected chi connectivity index (χ4v) is 5.02. The van der Waals surface area contributed by atoms with Gasteiger partial charge in [-0.25, -0.2) is 0 Å². The quantitative estimate of drug-likeness (QED) is 0.502. The van der Waals surface area contributed by atoms with Crippen LogP contribution in [0, 0.1) is 5.92 Å². The zero-order valence-electron chi connectivity index (χ0n) is 19.6. The Bertz CT molecular complexity index is 1080. The van der Waals surface area contributed by atoms with Crippen molar-refractivity contribution >= 4 is 44.4 Å². The van der Waals surface area contributed by atoms with E-state index in [0.717, 1.165) is 48.1 Å². The maximum Gasteiger partial charge on any atom is 0.253 e. The molecule has 34 heavy (non-hydrogen) atoms. The van der Waals surface area contributed by atoms with Crippen LogP contribution in [0.15, 0.2) is 41.5 Å². The Kier molecular flexibility index (Phi) is 7.85. The molecule has 182 valence electrons. The first-order valence-corrected chi connectivity index (χ1v) is 12.5. The third-order valence-electron chi connectivity index (χ3n) is 6.70. The van der Waals surface area contributed by atoms with Gasteiger partial charge in [0.25, 0.3) is 5.91 Å². The van der Waals surface area contributed by atoms with Gasteiger partial charge in [0.2, 0.25) is 5.91 Å². The number of carbonyl (C=O) groups excluding carboxylic acids is 3. The summed E-state index contributed by atoms with van der Waals surface area (Å²) in [7, 11) is 2.13. The van der Waals surface area contributed by atoms with Crippen LogP contribution in [0.1, 0.15) is 16.8 Å². The maximum atomic E-state index is 13.0. The van der Waals surface area contributed by atoms with E-state index in [2.05, 4.69) is 44.7 Å². The maximum absolute atomic E-state index is 13.0. The number of hydrogen-bond donors (Lipinski definition) is 1. The van der Waals surface area contributed by atoms with E-state index in [-0.39, 0.29) is 30.1 Å². The number of fused-ring (bicyclic) bond motifs is 1. The number of rotatable bonds is 9. The molecule has 1 aromatic carbocycles. The zero-order valence-corrected chi connectivity index (χ0v) is 21.2. The SMILES string of the molecule is C=CC(=O)N1CC(CC(=O)Cn2cc(C(=O)NCCN3CCN(C)CC3)c3cc(Br)ccc32)C1. The van der Waals surface area contributed by atoms with E-state index in [4.69, 9.17) is 0 Å². The Balaban J connectivity index is 1.37. The number of nitrogens with one attached hydrogen (secondary N) is 1. The Morgan fingerprint density at radius 3 is 2.62 bits per heavy atom. The van der Waals surface area contributed by atoms with Crippen molar-refractivity contribution in [3.05, 3.63) is 47.1 Å². The van der Waals surface area contributed by atoms with Gasteiger partial charge in [0.05, 0.1) is 12.1 Å². The van der Waals surface area contributed by atoms with Crippen molar-refractivity contribution in [2.24, 2.45) is 5.92 Å². The van der Waals surface area contributed by atoms with Crippen LogP contribution in [0.4, 0.5) is 0 Å². The molecule has 4 rings (SSSR count). The molecular weight excluding hydrogens is 498 g/mol. The predicted octanol–water partition coefficient (Wildman–Crippen LogP) is 1.98. The van der Waals surface area contributed by atoms with Gasteiger partial charge in [-0.15, -0.1) is 0 Å². The molecule has 0 aliphatic carbocycles. The van der Waals surface area contributed by atoms with Gasteiger partial charge in [-0.05, 0) is 31.3 Å². The van der Waals surface area contributed by atoms with Crippen molar-refractivity contribution < 1.29 is 14.4 Å². The standard InChI is InChI=1S/C25H32BrN5O3/c1-3-24(33)31-14-18(15-31)12-20(32)16-30-17-22(21-13-19(26)4-5-23(21)30)25(34)27-6-7-29-10-8-28(2)9-11-29/h3-5,13,17-18H,1,6-12,14-16H2,2H3,(H,27,34). The van der Waals surface area contributed by atoms with E-state index in [0.29, 0.717) is 31.6 Å². The highest BCUT2D eigenvalue weighted by molar-refractivity contribution is 9.10. The number of amides is 2. The lowest BCUT2D eigenvalue weighted by Crippen LogP contribution is -2.50. The van der Waals surface area contributed by atoms with Crippen molar-refractivity contribution in [3.63, 3.8) is 0 Å². The van der Waals surface area contributed by atoms with Crippen molar-refractivity contribution in [1.82, 2.24) is 24.6 Å². The molecule has 1 aromatic heterocycles. The van der Waals surface area contributed by atoms with Crippen molar-refractivity contribution in [2.45, 2.75) is 13.0 Å². The second-order valence-electron chi connectivity index (χ2n) is 9.29. The summed E-state index contributed by atoms with van der Waals surface area (Å²) in [6, 6.07) is 5.78. The topological polar surface area (TPSA) is 77.9 Å². The second kappa shape index (κ2) is 10.8. The van der Waals surface area contributed by atoms with Crippen molar-refractivity contribution in [3.8, 4) is 0 Å². The molecular formula is C25H32BrN5O3. The first-order chi connectivity index (χ1) is 16.3. The van der Waals surface area contributed by atoms with E-state index >= 15 is 0 Å². The van der Waals surface area contributed by atoms with Gasteiger partial charge in [-0.3, -0.25) is 19.3 Å². The summed E-state index contributed by atoms with van der Waals surface area (Å²) >= 11 is 3.50. The molecule has 2 saturated heterocycles. The number of aromatic nitrogens is 1. The van der Waals surface area contributed by atoms with Crippen molar-refractivity contribution in [2.75, 3.05) is 59.4 Å². The van der Waals surface area contributed by atoms with Crippen LogP contribution in [-0.4, -0.2) is 96.3 Å². The minimum absolute atomic E-state index is 0.0889. The van der Waals surface area contributed by atoms with Gasteiger partial charge >= 0.3 is 0 Å². The fourth-order valence-electron chi connectivity index (χ4n) is 4.66. The molecule has 3 heterocycles. The summed E-state index contributed by atoms with van der Waals surface area (Å²) in [5, 5.41) is 3.88. The lowest BCUT2D eigenvalue weighted by Gasteiger charge is -2.38. The molecule has 2 aliphatic rings. The molecule has 2 amide bonds. The van der Waals surface area contributed by atoms with Crippen LogP contribution in [0.25, 0.3) is 10.9 Å². The van der Waals surface area contributed by atoms with Gasteiger partial charge in [0, 0.05) is 86.3 Å². The van der Waals surface area contributed by atoms with Gasteiger partial charge in [-0.1, -0.05) is 22.5 Å². The number of likely N-dealkylation sites (tertiary alicyclic amines) is 1. The summed E-state index contributed by atoms with van der Waals surface area (Å²) in [6.45, 7) is 10.4. The van der Waals surface area contributed by atoms with Gasteiger partial charge in [0.1, 0.15) is 0 Å². The smallest absolute Gasteiger partial charge is 0.253 e. The number of halogens is 1. The lowest BCUT2D eigenvalue weighted by atomic mass is 9.94. The number of carbonyl (C=O) groups is 3. The molecule has 0 atom stereocenters. The number of nitrogens with zero attached hydrogens (tertiary/aromatic N) is 4. The molecule has 0 radical (unpaired) electrons. The summed E-state index contributed by atoms with van der Waals surface area (Å²) in [6.07, 6.45) is 3.51. The molecule has 1 N–H and O–H groups in total. The first-order valence-electron chi connectivity index (χ1n) is 11.7. The Labute approximate surface area is 208 Å². The molecule has 2 fully saturated rings. The highest BCUT2D eigenvalue weighted by Crippen LogP contribution is 2.26. The third-order valence-corrected chi connectivity index (χ3v) is 7.20. The van der Waals surface area contributed by atoms with Gasteiger partial charge in [0.15, 0.2) is 5.78 Å². The second-order valence-corrected chi connectivity index (χ2v) is 10.2. The minimum Gasteiger partial charge on any atom is -0.351 e. The van der Waals surface area contributed by atoms with E-state index in [1.807, 2.05) is 22.8 Å². The molecule has 0 bridgehead atoms. The normalized spacial score (nSPS) is 17.5. The molecule has 0 spiro atoms. The van der Waals surface area contributed by atoms with Gasteiger partial charge < -0.3 is 19.7 Å². The average Bonchev–Trinajstić information content (AvgIpc) is 3.14. The largest absolute Gasteiger partial charge is 0.351 e. The van der Waals surface area contributed by atoms with Crippen LogP contribution < -0.4 is 5.32 Å². The van der Waals surface area contributed by atoms with Crippen LogP contribution in [0.2, 0.25) is 0 Å². The first kappa shape index (κ1) is 24.6. The number of hydrogen-bond acceptors (Lipinski definition) is 5. The summed E-state index contributed by atoms with van der Waals surface area (Å²) in [5.74, 6) is 0.0669. The lowest BCUT2D eigenvalue weighted by molar-refractivity contribution is -0.134. The fraction of sp³-hybridized carbons (Fsp3) is 0.480. The van der Waals surface area contributed by atoms with Crippen LogP contribution in [0.5, 0.6) is 0 Å². The molecule has 0 unspecified atom stereocenters. The van der Waals surface area contributed by atoms with E-state index in [9.17, 15) is 14.4 Å². The summed E-state index contributed by atoms with van der Waals surface area (Å²) in [4.78, 5) is 43.8.